The number of halogens is 5. The van der Waals surface area contributed by atoms with Crippen LogP contribution in [0.4, 0.5) is 22.0 Å². The standard InChI is InChI=1S/C23H14F5N5O2/c1-34-15-7-5-12(6-8-15)17-10-18(19(24)25)33-20(30-17)16(11-29-33)22-32-31-21(35-22)13-3-2-4-14(9-13)23(26,27)28/h2-11,19H,1H3. The van der Waals surface area contributed by atoms with Gasteiger partial charge in [0.25, 0.3) is 12.3 Å². The lowest BCUT2D eigenvalue weighted by atomic mass is 10.1. The number of aromatic nitrogens is 5. The van der Waals surface area contributed by atoms with Gasteiger partial charge < -0.3 is 9.15 Å². The molecule has 0 atom stereocenters. The molecule has 0 N–H and O–H groups in total. The van der Waals surface area contributed by atoms with Crippen LogP contribution in [0.2, 0.25) is 0 Å². The second-order valence-corrected chi connectivity index (χ2v) is 7.38. The van der Waals surface area contributed by atoms with E-state index in [1.807, 2.05) is 0 Å². The van der Waals surface area contributed by atoms with Crippen LogP contribution < -0.4 is 4.74 Å². The van der Waals surface area contributed by atoms with Crippen molar-refractivity contribution in [3.05, 3.63) is 72.1 Å². The Morgan fingerprint density at radius 3 is 2.37 bits per heavy atom. The molecule has 0 aliphatic heterocycles. The monoisotopic (exact) mass is 487 g/mol. The molecule has 5 aromatic rings. The number of methoxy groups -OCH3 is 1. The van der Waals surface area contributed by atoms with E-state index >= 15 is 0 Å². The highest BCUT2D eigenvalue weighted by Gasteiger charge is 2.31. The topological polar surface area (TPSA) is 78.3 Å². The number of rotatable bonds is 5. The van der Waals surface area contributed by atoms with E-state index in [2.05, 4.69) is 20.3 Å². The number of nitrogens with zero attached hydrogens (tertiary/aromatic N) is 5. The van der Waals surface area contributed by atoms with Crippen molar-refractivity contribution in [3.63, 3.8) is 0 Å². The van der Waals surface area contributed by atoms with Crippen molar-refractivity contribution in [2.24, 2.45) is 0 Å². The first-order chi connectivity index (χ1) is 16.7. The van der Waals surface area contributed by atoms with E-state index in [9.17, 15) is 22.0 Å². The lowest BCUT2D eigenvalue weighted by molar-refractivity contribution is -0.137. The molecule has 178 valence electrons. The van der Waals surface area contributed by atoms with Crippen molar-refractivity contribution in [3.8, 4) is 39.9 Å². The SMILES string of the molecule is COc1ccc(-c2cc(C(F)F)n3ncc(-c4nnc(-c5cccc(C(F)(F)F)c5)o4)c3n2)cc1. The molecular weight excluding hydrogens is 473 g/mol. The van der Waals surface area contributed by atoms with Crippen LogP contribution in [0.25, 0.3) is 39.8 Å². The summed E-state index contributed by atoms with van der Waals surface area (Å²) in [4.78, 5) is 4.46. The predicted octanol–water partition coefficient (Wildman–Crippen LogP) is 6.08. The van der Waals surface area contributed by atoms with Crippen molar-refractivity contribution in [2.45, 2.75) is 12.6 Å². The fourth-order valence-corrected chi connectivity index (χ4v) is 3.48. The average Bonchev–Trinajstić information content (AvgIpc) is 3.50. The van der Waals surface area contributed by atoms with E-state index in [1.54, 1.807) is 24.3 Å². The van der Waals surface area contributed by atoms with Crippen LogP contribution in [0.5, 0.6) is 5.75 Å². The van der Waals surface area contributed by atoms with Crippen LogP contribution in [-0.4, -0.2) is 31.9 Å². The highest BCUT2D eigenvalue weighted by atomic mass is 19.4. The Labute approximate surface area is 193 Å². The van der Waals surface area contributed by atoms with Gasteiger partial charge in [-0.3, -0.25) is 0 Å². The summed E-state index contributed by atoms with van der Waals surface area (Å²) in [5.74, 6) is 0.278. The lowest BCUT2D eigenvalue weighted by Gasteiger charge is -2.08. The van der Waals surface area contributed by atoms with Crippen LogP contribution in [0.3, 0.4) is 0 Å². The summed E-state index contributed by atoms with van der Waals surface area (Å²) in [5.41, 5.74) is -0.272. The van der Waals surface area contributed by atoms with Crippen LogP contribution in [0, 0.1) is 0 Å². The Kier molecular flexibility index (Phi) is 5.42. The van der Waals surface area contributed by atoms with E-state index in [4.69, 9.17) is 9.15 Å². The Balaban J connectivity index is 1.60. The van der Waals surface area contributed by atoms with Gasteiger partial charge in [0.05, 0.1) is 24.6 Å². The molecule has 35 heavy (non-hydrogen) atoms. The lowest BCUT2D eigenvalue weighted by Crippen LogP contribution is -2.04. The minimum absolute atomic E-state index is 0.0212. The van der Waals surface area contributed by atoms with E-state index < -0.39 is 23.9 Å². The molecule has 3 aromatic heterocycles. The second kappa shape index (κ2) is 8.46. The van der Waals surface area contributed by atoms with Crippen molar-refractivity contribution in [2.75, 3.05) is 7.11 Å². The fraction of sp³-hybridized carbons (Fsp3) is 0.130. The molecule has 0 aliphatic rings. The molecule has 0 saturated heterocycles. The number of hydrogen-bond donors (Lipinski definition) is 0. The van der Waals surface area contributed by atoms with E-state index in [-0.39, 0.29) is 34.2 Å². The third kappa shape index (κ3) is 4.18. The number of alkyl halides is 5. The second-order valence-electron chi connectivity index (χ2n) is 7.38. The molecular formula is C23H14F5N5O2. The highest BCUT2D eigenvalue weighted by molar-refractivity contribution is 5.75. The molecule has 2 aromatic carbocycles. The van der Waals surface area contributed by atoms with Gasteiger partial charge in [-0.05, 0) is 48.5 Å². The van der Waals surface area contributed by atoms with Gasteiger partial charge >= 0.3 is 6.18 Å². The normalized spacial score (nSPS) is 12.0. The molecule has 0 amide bonds. The van der Waals surface area contributed by atoms with Gasteiger partial charge in [-0.2, -0.15) is 18.3 Å². The minimum atomic E-state index is -4.55. The molecule has 7 nitrogen and oxygen atoms in total. The van der Waals surface area contributed by atoms with Crippen molar-refractivity contribution >= 4 is 5.65 Å². The first kappa shape index (κ1) is 22.4. The van der Waals surface area contributed by atoms with E-state index in [0.717, 1.165) is 16.6 Å². The average molecular weight is 487 g/mol. The summed E-state index contributed by atoms with van der Waals surface area (Å²) in [6.45, 7) is 0. The summed E-state index contributed by atoms with van der Waals surface area (Å²) in [6.07, 6.45) is -6.18. The van der Waals surface area contributed by atoms with Gasteiger partial charge in [-0.1, -0.05) is 6.07 Å². The first-order valence-corrected chi connectivity index (χ1v) is 10.1. The number of hydrogen-bond acceptors (Lipinski definition) is 6. The molecule has 0 unspecified atom stereocenters. The molecule has 0 fully saturated rings. The fourth-order valence-electron chi connectivity index (χ4n) is 3.48. The van der Waals surface area contributed by atoms with Gasteiger partial charge in [-0.15, -0.1) is 10.2 Å². The molecule has 0 bridgehead atoms. The highest BCUT2D eigenvalue weighted by Crippen LogP contribution is 2.34. The Bertz CT molecular complexity index is 1510. The van der Waals surface area contributed by atoms with E-state index in [1.165, 1.54) is 31.5 Å². The Morgan fingerprint density at radius 1 is 0.943 bits per heavy atom. The maximum atomic E-state index is 13.8. The summed E-state index contributed by atoms with van der Waals surface area (Å²) in [5, 5.41) is 11.7. The van der Waals surface area contributed by atoms with Crippen molar-refractivity contribution < 1.29 is 31.1 Å². The molecule has 0 spiro atoms. The third-order valence-corrected chi connectivity index (χ3v) is 5.20. The van der Waals surface area contributed by atoms with Crippen molar-refractivity contribution in [1.82, 2.24) is 24.8 Å². The summed E-state index contributed by atoms with van der Waals surface area (Å²) >= 11 is 0. The van der Waals surface area contributed by atoms with Crippen molar-refractivity contribution in [1.29, 1.82) is 0 Å². The molecule has 5 rings (SSSR count). The third-order valence-electron chi connectivity index (χ3n) is 5.20. The van der Waals surface area contributed by atoms with Gasteiger partial charge in [0.15, 0.2) is 5.65 Å². The Morgan fingerprint density at radius 2 is 1.69 bits per heavy atom. The zero-order valence-corrected chi connectivity index (χ0v) is 17.8. The van der Waals surface area contributed by atoms with Gasteiger partial charge in [0.2, 0.25) is 5.89 Å². The number of benzene rings is 2. The van der Waals surface area contributed by atoms with Gasteiger partial charge in [0, 0.05) is 11.1 Å². The zero-order chi connectivity index (χ0) is 24.7. The first-order valence-electron chi connectivity index (χ1n) is 10.1. The van der Waals surface area contributed by atoms with Crippen LogP contribution in [-0.2, 0) is 6.18 Å². The quantitative estimate of drug-likeness (QED) is 0.280. The largest absolute Gasteiger partial charge is 0.497 e. The minimum Gasteiger partial charge on any atom is -0.497 e. The van der Waals surface area contributed by atoms with Gasteiger partial charge in [0.1, 0.15) is 17.0 Å². The molecule has 0 saturated carbocycles. The summed E-state index contributed by atoms with van der Waals surface area (Å²) < 4.78 is 78.5. The zero-order valence-electron chi connectivity index (χ0n) is 17.8. The molecule has 3 heterocycles. The van der Waals surface area contributed by atoms with Crippen LogP contribution >= 0.6 is 0 Å². The number of ether oxygens (including phenoxy) is 1. The maximum Gasteiger partial charge on any atom is 0.416 e. The summed E-state index contributed by atoms with van der Waals surface area (Å²) in [7, 11) is 1.50. The molecule has 0 radical (unpaired) electrons. The maximum absolute atomic E-state index is 13.8. The van der Waals surface area contributed by atoms with Crippen LogP contribution in [0.1, 0.15) is 17.7 Å². The molecule has 0 aliphatic carbocycles. The van der Waals surface area contributed by atoms with E-state index in [0.29, 0.717) is 11.3 Å². The predicted molar refractivity (Wildman–Crippen MR) is 114 cm³/mol. The van der Waals surface area contributed by atoms with Crippen LogP contribution in [0.15, 0.2) is 65.2 Å². The summed E-state index contributed by atoms with van der Waals surface area (Å²) in [6, 6.07) is 12.3. The van der Waals surface area contributed by atoms with Gasteiger partial charge in [-0.25, -0.2) is 18.3 Å². The molecule has 12 heteroatoms. The Hall–Kier alpha value is -4.35. The number of fused-ring (bicyclic) bond motifs is 1. The smallest absolute Gasteiger partial charge is 0.416 e.